The third-order valence-corrected chi connectivity index (χ3v) is 4.58. The second kappa shape index (κ2) is 5.31. The minimum absolute atomic E-state index is 0.259. The molecule has 0 atom stereocenters. The van der Waals surface area contributed by atoms with Gasteiger partial charge in [-0.15, -0.1) is 0 Å². The van der Waals surface area contributed by atoms with Crippen LogP contribution in [0.2, 0.25) is 0 Å². The topological polar surface area (TPSA) is 37.4 Å². The number of benzene rings is 3. The lowest BCUT2D eigenvalue weighted by Gasteiger charge is -2.28. The maximum atomic E-state index is 13.0. The molecule has 0 unspecified atom stereocenters. The first-order valence-electron chi connectivity index (χ1n) is 8.09. The Hall–Kier alpha value is -2.94. The van der Waals surface area contributed by atoms with Gasteiger partial charge in [-0.3, -0.25) is 9.59 Å². The Morgan fingerprint density at radius 1 is 0.750 bits per heavy atom. The van der Waals surface area contributed by atoms with Gasteiger partial charge in [0.15, 0.2) is 0 Å². The number of hydrogen-bond acceptors (Lipinski definition) is 2. The van der Waals surface area contributed by atoms with Gasteiger partial charge >= 0.3 is 0 Å². The van der Waals surface area contributed by atoms with E-state index >= 15 is 0 Å². The number of nitrogens with zero attached hydrogens (tertiary/aromatic N) is 1. The van der Waals surface area contributed by atoms with Gasteiger partial charge in [0.2, 0.25) is 0 Å². The first-order valence-corrected chi connectivity index (χ1v) is 8.09. The standard InChI is InChI=1S/C21H17NO2/c1-13(2)15-11-12-18-19-16(15)9-6-10-17(19)20(23)22(21(18)24)14-7-4-3-5-8-14/h3-13H,1-2H3. The van der Waals surface area contributed by atoms with Crippen molar-refractivity contribution in [2.75, 3.05) is 4.90 Å². The van der Waals surface area contributed by atoms with Crippen molar-refractivity contribution >= 4 is 28.3 Å². The number of anilines is 1. The van der Waals surface area contributed by atoms with E-state index in [0.717, 1.165) is 16.3 Å². The first-order chi connectivity index (χ1) is 11.6. The van der Waals surface area contributed by atoms with Crippen LogP contribution in [-0.4, -0.2) is 11.8 Å². The molecule has 3 aromatic carbocycles. The molecule has 0 fully saturated rings. The van der Waals surface area contributed by atoms with Crippen LogP contribution in [0.15, 0.2) is 60.7 Å². The maximum absolute atomic E-state index is 13.0. The molecule has 0 radical (unpaired) electrons. The van der Waals surface area contributed by atoms with Crippen LogP contribution in [0.5, 0.6) is 0 Å². The summed E-state index contributed by atoms with van der Waals surface area (Å²) in [7, 11) is 0. The predicted molar refractivity (Wildman–Crippen MR) is 95.6 cm³/mol. The molecule has 0 saturated heterocycles. The summed E-state index contributed by atoms with van der Waals surface area (Å²) in [6.45, 7) is 4.24. The Labute approximate surface area is 140 Å². The summed E-state index contributed by atoms with van der Waals surface area (Å²) in [4.78, 5) is 27.3. The number of carbonyl (C=O) groups is 2. The smallest absolute Gasteiger partial charge is 0.265 e. The Balaban J connectivity index is 2.01. The largest absolute Gasteiger partial charge is 0.268 e. The highest BCUT2D eigenvalue weighted by Gasteiger charge is 2.34. The normalized spacial score (nSPS) is 13.9. The van der Waals surface area contributed by atoms with Crippen molar-refractivity contribution in [3.8, 4) is 0 Å². The van der Waals surface area contributed by atoms with E-state index in [4.69, 9.17) is 0 Å². The van der Waals surface area contributed by atoms with E-state index in [9.17, 15) is 9.59 Å². The Kier molecular flexibility index (Phi) is 3.24. The van der Waals surface area contributed by atoms with Gasteiger partial charge in [0, 0.05) is 16.5 Å². The molecule has 1 aliphatic heterocycles. The lowest BCUT2D eigenvalue weighted by Crippen LogP contribution is -2.40. The van der Waals surface area contributed by atoms with Crippen molar-refractivity contribution in [2.24, 2.45) is 0 Å². The van der Waals surface area contributed by atoms with E-state index in [1.54, 1.807) is 18.2 Å². The van der Waals surface area contributed by atoms with Crippen molar-refractivity contribution in [2.45, 2.75) is 19.8 Å². The number of rotatable bonds is 2. The van der Waals surface area contributed by atoms with Gasteiger partial charge < -0.3 is 0 Å². The molecule has 1 aliphatic rings. The van der Waals surface area contributed by atoms with E-state index < -0.39 is 0 Å². The Morgan fingerprint density at radius 2 is 1.42 bits per heavy atom. The van der Waals surface area contributed by atoms with E-state index in [0.29, 0.717) is 22.7 Å². The van der Waals surface area contributed by atoms with Gasteiger partial charge in [0.25, 0.3) is 11.8 Å². The van der Waals surface area contributed by atoms with Crippen molar-refractivity contribution in [3.63, 3.8) is 0 Å². The zero-order valence-electron chi connectivity index (χ0n) is 13.6. The number of imide groups is 1. The summed E-state index contributed by atoms with van der Waals surface area (Å²) in [6, 6.07) is 18.6. The zero-order chi connectivity index (χ0) is 16.8. The molecule has 24 heavy (non-hydrogen) atoms. The predicted octanol–water partition coefficient (Wildman–Crippen LogP) is 4.76. The van der Waals surface area contributed by atoms with Gasteiger partial charge in [-0.25, -0.2) is 4.90 Å². The van der Waals surface area contributed by atoms with E-state index in [1.165, 1.54) is 4.90 Å². The maximum Gasteiger partial charge on any atom is 0.265 e. The van der Waals surface area contributed by atoms with Crippen molar-refractivity contribution < 1.29 is 9.59 Å². The van der Waals surface area contributed by atoms with Crippen LogP contribution in [0.4, 0.5) is 5.69 Å². The van der Waals surface area contributed by atoms with Gasteiger partial charge in [-0.05, 0) is 41.1 Å². The molecule has 0 spiro atoms. The Morgan fingerprint density at radius 3 is 2.08 bits per heavy atom. The molecular weight excluding hydrogens is 298 g/mol. The number of carbonyl (C=O) groups excluding carboxylic acids is 2. The molecule has 3 nitrogen and oxygen atoms in total. The summed E-state index contributed by atoms with van der Waals surface area (Å²) in [5.41, 5.74) is 2.94. The second-order valence-corrected chi connectivity index (χ2v) is 6.37. The summed E-state index contributed by atoms with van der Waals surface area (Å²) in [6.07, 6.45) is 0. The summed E-state index contributed by atoms with van der Waals surface area (Å²) < 4.78 is 0. The average Bonchev–Trinajstić information content (AvgIpc) is 2.60. The first kappa shape index (κ1) is 14.6. The molecule has 1 heterocycles. The number of hydrogen-bond donors (Lipinski definition) is 0. The minimum atomic E-state index is -0.259. The highest BCUT2D eigenvalue weighted by molar-refractivity contribution is 6.36. The number of para-hydroxylation sites is 1. The lowest BCUT2D eigenvalue weighted by molar-refractivity contribution is 0.0893. The van der Waals surface area contributed by atoms with Crippen LogP contribution >= 0.6 is 0 Å². The fourth-order valence-corrected chi connectivity index (χ4v) is 3.43. The molecule has 0 bridgehead atoms. The van der Waals surface area contributed by atoms with Crippen LogP contribution in [0.1, 0.15) is 46.0 Å². The van der Waals surface area contributed by atoms with Crippen LogP contribution in [0.3, 0.4) is 0 Å². The van der Waals surface area contributed by atoms with Gasteiger partial charge in [-0.1, -0.05) is 50.2 Å². The molecule has 118 valence electrons. The van der Waals surface area contributed by atoms with E-state index in [-0.39, 0.29) is 11.8 Å². The van der Waals surface area contributed by atoms with Crippen LogP contribution in [-0.2, 0) is 0 Å². The highest BCUT2D eigenvalue weighted by Crippen LogP contribution is 2.36. The quantitative estimate of drug-likeness (QED) is 0.639. The van der Waals surface area contributed by atoms with Crippen LogP contribution < -0.4 is 4.90 Å². The highest BCUT2D eigenvalue weighted by atomic mass is 16.2. The molecule has 0 N–H and O–H groups in total. The monoisotopic (exact) mass is 315 g/mol. The molecule has 0 aliphatic carbocycles. The summed E-state index contributed by atoms with van der Waals surface area (Å²) in [5, 5.41) is 1.78. The van der Waals surface area contributed by atoms with Crippen molar-refractivity contribution in [1.82, 2.24) is 0 Å². The lowest BCUT2D eigenvalue weighted by atomic mass is 9.88. The van der Waals surface area contributed by atoms with Gasteiger partial charge in [0.1, 0.15) is 0 Å². The number of amides is 2. The van der Waals surface area contributed by atoms with Crippen LogP contribution in [0, 0.1) is 0 Å². The van der Waals surface area contributed by atoms with E-state index in [1.807, 2.05) is 42.5 Å². The molecule has 3 heteroatoms. The summed E-state index contributed by atoms with van der Waals surface area (Å²) in [5.74, 6) is -0.193. The SMILES string of the molecule is CC(C)c1ccc2c3c(cccc13)C(=O)N(c1ccccc1)C2=O. The average molecular weight is 315 g/mol. The summed E-state index contributed by atoms with van der Waals surface area (Å²) >= 11 is 0. The molecule has 0 saturated carbocycles. The second-order valence-electron chi connectivity index (χ2n) is 6.37. The fraction of sp³-hybridized carbons (Fsp3) is 0.143. The minimum Gasteiger partial charge on any atom is -0.268 e. The molecular formula is C21H17NO2. The molecule has 0 aromatic heterocycles. The molecule has 2 amide bonds. The van der Waals surface area contributed by atoms with E-state index in [2.05, 4.69) is 13.8 Å². The third-order valence-electron chi connectivity index (χ3n) is 4.58. The zero-order valence-corrected chi connectivity index (χ0v) is 13.6. The fourth-order valence-electron chi connectivity index (χ4n) is 3.43. The Bertz CT molecular complexity index is 952. The molecule has 3 aromatic rings. The van der Waals surface area contributed by atoms with Gasteiger partial charge in [0.05, 0.1) is 5.69 Å². The van der Waals surface area contributed by atoms with Crippen molar-refractivity contribution in [1.29, 1.82) is 0 Å². The van der Waals surface area contributed by atoms with Crippen molar-refractivity contribution in [3.05, 3.63) is 77.4 Å². The van der Waals surface area contributed by atoms with Gasteiger partial charge in [-0.2, -0.15) is 0 Å². The molecule has 4 rings (SSSR count). The van der Waals surface area contributed by atoms with Crippen LogP contribution in [0.25, 0.3) is 10.8 Å². The third kappa shape index (κ3) is 1.98.